The number of anilines is 1. The molecular weight excluding hydrogens is 374 g/mol. The minimum Gasteiger partial charge on any atom is -0.493 e. The lowest BCUT2D eigenvalue weighted by atomic mass is 9.86. The molecule has 0 radical (unpaired) electrons. The quantitative estimate of drug-likeness (QED) is 0.839. The van der Waals surface area contributed by atoms with Crippen LogP contribution < -0.4 is 9.46 Å². The van der Waals surface area contributed by atoms with Gasteiger partial charge in [0.15, 0.2) is 0 Å². The molecule has 7 heteroatoms. The van der Waals surface area contributed by atoms with E-state index in [1.807, 2.05) is 36.4 Å². The fraction of sp³-hybridized carbons (Fsp3) is 0.381. The summed E-state index contributed by atoms with van der Waals surface area (Å²) in [6.07, 6.45) is 2.01. The molecule has 0 bridgehead atoms. The summed E-state index contributed by atoms with van der Waals surface area (Å²) < 4.78 is 31.3. The maximum atomic E-state index is 11.4. The van der Waals surface area contributed by atoms with Gasteiger partial charge in [-0.1, -0.05) is 12.1 Å². The molecule has 6 nitrogen and oxygen atoms in total. The number of nitrogens with zero attached hydrogens (tertiary/aromatic N) is 2. The van der Waals surface area contributed by atoms with Crippen molar-refractivity contribution in [3.63, 3.8) is 0 Å². The number of nitrogens with one attached hydrogen (secondary N) is 1. The highest BCUT2D eigenvalue weighted by molar-refractivity contribution is 7.92. The third kappa shape index (κ3) is 4.13. The van der Waals surface area contributed by atoms with E-state index in [0.29, 0.717) is 29.7 Å². The van der Waals surface area contributed by atoms with E-state index in [4.69, 9.17) is 4.74 Å². The lowest BCUT2D eigenvalue weighted by molar-refractivity contribution is 0.213. The first-order valence-corrected chi connectivity index (χ1v) is 11.3. The van der Waals surface area contributed by atoms with E-state index >= 15 is 0 Å². The molecule has 1 fully saturated rings. The van der Waals surface area contributed by atoms with Crippen LogP contribution in [0.15, 0.2) is 42.5 Å². The van der Waals surface area contributed by atoms with Crippen molar-refractivity contribution < 1.29 is 13.2 Å². The lowest BCUT2D eigenvalue weighted by Gasteiger charge is -2.27. The van der Waals surface area contributed by atoms with E-state index in [9.17, 15) is 13.7 Å². The monoisotopic (exact) mass is 397 g/mol. The minimum atomic E-state index is -3.27. The van der Waals surface area contributed by atoms with Crippen LogP contribution >= 0.6 is 0 Å². The van der Waals surface area contributed by atoms with Crippen molar-refractivity contribution in [1.29, 1.82) is 5.26 Å². The maximum absolute atomic E-state index is 11.4. The number of sulfonamides is 1. The van der Waals surface area contributed by atoms with Gasteiger partial charge in [0, 0.05) is 42.7 Å². The number of nitriles is 1. The Bertz CT molecular complexity index is 1030. The zero-order valence-corrected chi connectivity index (χ0v) is 16.6. The molecule has 0 saturated carbocycles. The summed E-state index contributed by atoms with van der Waals surface area (Å²) in [5.74, 6) is 1.75. The number of hydrogen-bond acceptors (Lipinski definition) is 5. The molecule has 0 spiro atoms. The Balaban J connectivity index is 1.42. The second-order valence-corrected chi connectivity index (χ2v) is 9.37. The van der Waals surface area contributed by atoms with Crippen LogP contribution in [0.5, 0.6) is 5.75 Å². The van der Waals surface area contributed by atoms with E-state index < -0.39 is 10.0 Å². The van der Waals surface area contributed by atoms with Crippen molar-refractivity contribution >= 4 is 15.7 Å². The second kappa shape index (κ2) is 7.46. The Hall–Kier alpha value is -2.56. The molecular formula is C21H23N3O3S. The zero-order valence-electron chi connectivity index (χ0n) is 15.8. The smallest absolute Gasteiger partial charge is 0.229 e. The summed E-state index contributed by atoms with van der Waals surface area (Å²) in [5.41, 5.74) is 3.53. The van der Waals surface area contributed by atoms with E-state index in [2.05, 4.69) is 15.7 Å². The Kier molecular flexibility index (Phi) is 5.00. The predicted octanol–water partition coefficient (Wildman–Crippen LogP) is 2.58. The van der Waals surface area contributed by atoms with Crippen LogP contribution in [0.1, 0.15) is 22.6 Å². The Morgan fingerprint density at radius 1 is 1.25 bits per heavy atom. The van der Waals surface area contributed by atoms with Gasteiger partial charge < -0.3 is 9.64 Å². The van der Waals surface area contributed by atoms with Crippen LogP contribution in [0.3, 0.4) is 0 Å². The molecule has 2 unspecified atom stereocenters. The first kappa shape index (κ1) is 18.8. The van der Waals surface area contributed by atoms with Crippen molar-refractivity contribution in [3.05, 3.63) is 59.2 Å². The molecule has 0 amide bonds. The summed E-state index contributed by atoms with van der Waals surface area (Å²) in [5, 5.41) is 9.19. The molecule has 1 saturated heterocycles. The molecule has 1 N–H and O–H groups in total. The van der Waals surface area contributed by atoms with E-state index in [0.717, 1.165) is 49.2 Å². The van der Waals surface area contributed by atoms with Gasteiger partial charge in [0.25, 0.3) is 0 Å². The number of likely N-dealkylation sites (tertiary alicyclic amines) is 1. The highest BCUT2D eigenvalue weighted by Gasteiger charge is 2.38. The third-order valence-electron chi connectivity index (χ3n) is 5.45. The Morgan fingerprint density at radius 3 is 2.89 bits per heavy atom. The SMILES string of the molecule is CS(=O)(=O)Nc1cccc(CCN2CC3COc4ccc(C#N)cc4C3C2)c1. The number of ether oxygens (including phenoxy) is 1. The van der Waals surface area contributed by atoms with Gasteiger partial charge in [-0.05, 0) is 42.3 Å². The van der Waals surface area contributed by atoms with Crippen LogP contribution in [0, 0.1) is 17.2 Å². The topological polar surface area (TPSA) is 82.4 Å². The molecule has 2 aliphatic heterocycles. The summed E-state index contributed by atoms with van der Waals surface area (Å²) in [6.45, 7) is 3.55. The zero-order chi connectivity index (χ0) is 19.7. The average molecular weight is 398 g/mol. The van der Waals surface area contributed by atoms with Crippen LogP contribution in [-0.2, 0) is 16.4 Å². The van der Waals surface area contributed by atoms with Crippen molar-refractivity contribution in [2.45, 2.75) is 12.3 Å². The fourth-order valence-electron chi connectivity index (χ4n) is 4.19. The summed E-state index contributed by atoms with van der Waals surface area (Å²) in [6, 6.07) is 15.5. The Morgan fingerprint density at radius 2 is 2.11 bits per heavy atom. The molecule has 2 heterocycles. The third-order valence-corrected chi connectivity index (χ3v) is 6.06. The van der Waals surface area contributed by atoms with Gasteiger partial charge in [0.2, 0.25) is 10.0 Å². The lowest BCUT2D eigenvalue weighted by Crippen LogP contribution is -2.25. The van der Waals surface area contributed by atoms with Crippen molar-refractivity contribution in [2.75, 3.05) is 37.2 Å². The van der Waals surface area contributed by atoms with Crippen LogP contribution in [0.2, 0.25) is 0 Å². The van der Waals surface area contributed by atoms with Gasteiger partial charge in [-0.15, -0.1) is 0 Å². The normalized spacial score (nSPS) is 21.3. The van der Waals surface area contributed by atoms with Crippen molar-refractivity contribution in [2.24, 2.45) is 5.92 Å². The Labute approximate surface area is 165 Å². The summed E-state index contributed by atoms with van der Waals surface area (Å²) in [7, 11) is -3.27. The van der Waals surface area contributed by atoms with Gasteiger partial charge in [-0.3, -0.25) is 4.72 Å². The number of rotatable bonds is 5. The average Bonchev–Trinajstić information content (AvgIpc) is 3.08. The standard InChI is InChI=1S/C21H23N3O3S/c1-28(25,26)23-18-4-2-3-15(9-18)7-8-24-12-17-14-27-21-6-5-16(11-22)10-19(21)20(17)13-24/h2-6,9-10,17,20,23H,7-8,12-14H2,1H3. The highest BCUT2D eigenvalue weighted by atomic mass is 32.2. The van der Waals surface area contributed by atoms with Crippen LogP contribution in [-0.4, -0.2) is 45.8 Å². The predicted molar refractivity (Wildman–Crippen MR) is 108 cm³/mol. The minimum absolute atomic E-state index is 0.398. The number of benzene rings is 2. The molecule has 146 valence electrons. The van der Waals surface area contributed by atoms with Gasteiger partial charge in [-0.25, -0.2) is 8.42 Å². The molecule has 4 rings (SSSR count). The molecule has 2 aromatic carbocycles. The maximum Gasteiger partial charge on any atom is 0.229 e. The molecule has 2 aromatic rings. The van der Waals surface area contributed by atoms with Crippen LogP contribution in [0.4, 0.5) is 5.69 Å². The first-order chi connectivity index (χ1) is 13.4. The van der Waals surface area contributed by atoms with Crippen LogP contribution in [0.25, 0.3) is 0 Å². The molecule has 0 aromatic heterocycles. The number of hydrogen-bond donors (Lipinski definition) is 1. The summed E-state index contributed by atoms with van der Waals surface area (Å²) >= 11 is 0. The van der Waals surface area contributed by atoms with Gasteiger partial charge in [0.1, 0.15) is 5.75 Å². The fourth-order valence-corrected chi connectivity index (χ4v) is 4.75. The molecule has 2 atom stereocenters. The van der Waals surface area contributed by atoms with Gasteiger partial charge >= 0.3 is 0 Å². The first-order valence-electron chi connectivity index (χ1n) is 9.37. The molecule has 0 aliphatic carbocycles. The largest absolute Gasteiger partial charge is 0.493 e. The van der Waals surface area contributed by atoms with Gasteiger partial charge in [-0.2, -0.15) is 5.26 Å². The highest BCUT2D eigenvalue weighted by Crippen LogP contribution is 2.41. The van der Waals surface area contributed by atoms with Crippen molar-refractivity contribution in [3.8, 4) is 11.8 Å². The van der Waals surface area contributed by atoms with Crippen molar-refractivity contribution in [1.82, 2.24) is 4.90 Å². The molecule has 28 heavy (non-hydrogen) atoms. The van der Waals surface area contributed by atoms with E-state index in [-0.39, 0.29) is 0 Å². The second-order valence-electron chi connectivity index (χ2n) is 7.63. The molecule has 2 aliphatic rings. The number of fused-ring (bicyclic) bond motifs is 3. The van der Waals surface area contributed by atoms with Gasteiger partial charge in [0.05, 0.1) is 24.5 Å². The van der Waals surface area contributed by atoms with E-state index in [1.165, 1.54) is 0 Å². The van der Waals surface area contributed by atoms with E-state index in [1.54, 1.807) is 6.07 Å². The summed E-state index contributed by atoms with van der Waals surface area (Å²) in [4.78, 5) is 2.43.